The summed E-state index contributed by atoms with van der Waals surface area (Å²) in [5, 5.41) is 3.47. The normalized spacial score (nSPS) is 34.8. The summed E-state index contributed by atoms with van der Waals surface area (Å²) in [5.74, 6) is 0. The largest absolute Gasteiger partial charge is 0.315 e. The second kappa shape index (κ2) is 5.28. The zero-order chi connectivity index (χ0) is 6.97. The lowest BCUT2D eigenvalue weighted by atomic mass is 10.1. The van der Waals surface area contributed by atoms with Gasteiger partial charge in [-0.15, -0.1) is 24.8 Å². The summed E-state index contributed by atoms with van der Waals surface area (Å²) in [7, 11) is 2.27. The lowest BCUT2D eigenvalue weighted by Gasteiger charge is -2.21. The van der Waals surface area contributed by atoms with Gasteiger partial charge in [0.25, 0.3) is 0 Å². The summed E-state index contributed by atoms with van der Waals surface area (Å²) in [6.45, 7) is 2.44. The molecule has 1 N–H and O–H groups in total. The minimum Gasteiger partial charge on any atom is -0.315 e. The van der Waals surface area contributed by atoms with Crippen molar-refractivity contribution in [2.45, 2.75) is 31.3 Å². The minimum absolute atomic E-state index is 0. The number of rotatable bonds is 0. The zero-order valence-electron chi connectivity index (χ0n) is 7.45. The summed E-state index contributed by atoms with van der Waals surface area (Å²) in [6, 6.07) is 1.73. The molecule has 74 valence electrons. The lowest BCUT2D eigenvalue weighted by molar-refractivity contribution is 0.253. The third-order valence-corrected chi connectivity index (χ3v) is 3.02. The van der Waals surface area contributed by atoms with Crippen LogP contribution in [0.15, 0.2) is 0 Å². The first-order valence-electron chi connectivity index (χ1n) is 4.30. The molecular formula is C8H18Cl2N2. The van der Waals surface area contributed by atoms with E-state index in [1.54, 1.807) is 0 Å². The Bertz CT molecular complexity index is 118. The third kappa shape index (κ3) is 2.25. The van der Waals surface area contributed by atoms with Gasteiger partial charge in [-0.25, -0.2) is 0 Å². The van der Waals surface area contributed by atoms with Crippen molar-refractivity contribution in [1.82, 2.24) is 10.2 Å². The fourth-order valence-corrected chi connectivity index (χ4v) is 2.22. The number of likely N-dealkylation sites (N-methyl/N-ethyl adjacent to an activating group) is 1. The number of fused-ring (bicyclic) bond motifs is 2. The van der Waals surface area contributed by atoms with Crippen molar-refractivity contribution in [2.75, 3.05) is 20.1 Å². The maximum Gasteiger partial charge on any atom is 0.0221 e. The Morgan fingerprint density at radius 2 is 1.75 bits per heavy atom. The van der Waals surface area contributed by atoms with Crippen LogP contribution in [0.3, 0.4) is 0 Å². The fourth-order valence-electron chi connectivity index (χ4n) is 2.22. The standard InChI is InChI=1S/C8H16N2.2ClH/c1-10-7-2-3-8(10)6-9-5-4-7;;/h7-9H,2-6H2,1H3;2*1H/t7-,8+;;/m1../s1. The molecule has 0 amide bonds. The highest BCUT2D eigenvalue weighted by molar-refractivity contribution is 5.85. The second-order valence-electron chi connectivity index (χ2n) is 3.54. The van der Waals surface area contributed by atoms with Crippen LogP contribution in [0.5, 0.6) is 0 Å². The number of hydrogen-bond donors (Lipinski definition) is 1. The molecule has 0 saturated carbocycles. The van der Waals surface area contributed by atoms with E-state index in [-0.39, 0.29) is 24.8 Å². The first kappa shape index (κ1) is 12.5. The van der Waals surface area contributed by atoms with Crippen LogP contribution in [-0.4, -0.2) is 37.1 Å². The molecule has 0 aliphatic carbocycles. The molecule has 0 aromatic carbocycles. The average Bonchev–Trinajstić information content (AvgIpc) is 2.06. The summed E-state index contributed by atoms with van der Waals surface area (Å²) in [6.07, 6.45) is 4.20. The maximum atomic E-state index is 3.47. The topological polar surface area (TPSA) is 15.3 Å². The quantitative estimate of drug-likeness (QED) is 0.652. The number of nitrogens with zero attached hydrogens (tertiary/aromatic N) is 1. The predicted octanol–water partition coefficient (Wildman–Crippen LogP) is 1.29. The molecule has 0 radical (unpaired) electrons. The molecule has 2 rings (SSSR count). The molecule has 2 atom stereocenters. The smallest absolute Gasteiger partial charge is 0.0221 e. The van der Waals surface area contributed by atoms with Crippen molar-refractivity contribution in [3.63, 3.8) is 0 Å². The molecule has 2 saturated heterocycles. The van der Waals surface area contributed by atoms with Crippen molar-refractivity contribution in [3.05, 3.63) is 0 Å². The molecule has 12 heavy (non-hydrogen) atoms. The van der Waals surface area contributed by atoms with Gasteiger partial charge in [0.15, 0.2) is 0 Å². The van der Waals surface area contributed by atoms with Crippen LogP contribution in [0, 0.1) is 0 Å². The SMILES string of the molecule is CN1[C@H]2CCNC[C@@H]1CC2.Cl.Cl. The lowest BCUT2D eigenvalue weighted by Crippen LogP contribution is -2.34. The first-order chi connectivity index (χ1) is 4.88. The minimum atomic E-state index is 0. The van der Waals surface area contributed by atoms with Gasteiger partial charge in [0.2, 0.25) is 0 Å². The van der Waals surface area contributed by atoms with Crippen molar-refractivity contribution in [1.29, 1.82) is 0 Å². The van der Waals surface area contributed by atoms with Crippen LogP contribution in [-0.2, 0) is 0 Å². The van der Waals surface area contributed by atoms with E-state index in [2.05, 4.69) is 17.3 Å². The first-order valence-corrected chi connectivity index (χ1v) is 4.30. The summed E-state index contributed by atoms with van der Waals surface area (Å²) < 4.78 is 0. The molecule has 2 fully saturated rings. The summed E-state index contributed by atoms with van der Waals surface area (Å²) >= 11 is 0. The highest BCUT2D eigenvalue weighted by Crippen LogP contribution is 2.25. The number of halogens is 2. The van der Waals surface area contributed by atoms with Crippen LogP contribution in [0.25, 0.3) is 0 Å². The van der Waals surface area contributed by atoms with Crippen LogP contribution < -0.4 is 5.32 Å². The zero-order valence-corrected chi connectivity index (χ0v) is 9.09. The Morgan fingerprint density at radius 3 is 2.50 bits per heavy atom. The van der Waals surface area contributed by atoms with E-state index in [1.807, 2.05) is 0 Å². The van der Waals surface area contributed by atoms with Gasteiger partial charge in [-0.1, -0.05) is 0 Å². The average molecular weight is 213 g/mol. The van der Waals surface area contributed by atoms with Gasteiger partial charge >= 0.3 is 0 Å². The molecule has 2 aliphatic rings. The van der Waals surface area contributed by atoms with Crippen molar-refractivity contribution in [3.8, 4) is 0 Å². The van der Waals surface area contributed by atoms with Gasteiger partial charge in [0.1, 0.15) is 0 Å². The van der Waals surface area contributed by atoms with Crippen molar-refractivity contribution >= 4 is 24.8 Å². The molecule has 2 nitrogen and oxygen atoms in total. The van der Waals surface area contributed by atoms with Gasteiger partial charge in [0, 0.05) is 18.6 Å². The molecule has 0 spiro atoms. The van der Waals surface area contributed by atoms with Crippen LogP contribution >= 0.6 is 24.8 Å². The molecule has 0 aromatic rings. The Kier molecular flexibility index (Phi) is 5.50. The summed E-state index contributed by atoms with van der Waals surface area (Å²) in [4.78, 5) is 2.56. The Labute approximate surface area is 86.9 Å². The molecular weight excluding hydrogens is 195 g/mol. The Morgan fingerprint density at radius 1 is 1.08 bits per heavy atom. The molecule has 0 unspecified atom stereocenters. The highest BCUT2D eigenvalue weighted by atomic mass is 35.5. The van der Waals surface area contributed by atoms with Crippen molar-refractivity contribution < 1.29 is 0 Å². The summed E-state index contributed by atoms with van der Waals surface area (Å²) in [5.41, 5.74) is 0. The molecule has 2 aliphatic heterocycles. The molecule has 2 heterocycles. The maximum absolute atomic E-state index is 3.47. The third-order valence-electron chi connectivity index (χ3n) is 3.02. The van der Waals surface area contributed by atoms with E-state index in [0.29, 0.717) is 0 Å². The van der Waals surface area contributed by atoms with E-state index in [0.717, 1.165) is 12.1 Å². The number of nitrogens with one attached hydrogen (secondary N) is 1. The van der Waals surface area contributed by atoms with E-state index in [9.17, 15) is 0 Å². The monoisotopic (exact) mass is 212 g/mol. The second-order valence-corrected chi connectivity index (χ2v) is 3.54. The molecule has 4 heteroatoms. The Hall–Kier alpha value is 0.500. The Balaban J connectivity index is 0.000000605. The van der Waals surface area contributed by atoms with Crippen LogP contribution in [0.2, 0.25) is 0 Å². The highest BCUT2D eigenvalue weighted by Gasteiger charge is 2.31. The van der Waals surface area contributed by atoms with E-state index < -0.39 is 0 Å². The van der Waals surface area contributed by atoms with Gasteiger partial charge in [-0.05, 0) is 32.9 Å². The van der Waals surface area contributed by atoms with Gasteiger partial charge in [-0.3, -0.25) is 4.90 Å². The van der Waals surface area contributed by atoms with E-state index in [1.165, 1.54) is 32.4 Å². The predicted molar refractivity (Wildman–Crippen MR) is 56.6 cm³/mol. The van der Waals surface area contributed by atoms with E-state index >= 15 is 0 Å². The van der Waals surface area contributed by atoms with E-state index in [4.69, 9.17) is 0 Å². The van der Waals surface area contributed by atoms with Gasteiger partial charge in [-0.2, -0.15) is 0 Å². The van der Waals surface area contributed by atoms with Crippen molar-refractivity contribution in [2.24, 2.45) is 0 Å². The molecule has 2 bridgehead atoms. The van der Waals surface area contributed by atoms with Crippen LogP contribution in [0.1, 0.15) is 19.3 Å². The fraction of sp³-hybridized carbons (Fsp3) is 1.00. The van der Waals surface area contributed by atoms with Gasteiger partial charge in [0.05, 0.1) is 0 Å². The molecule has 0 aromatic heterocycles. The van der Waals surface area contributed by atoms with Gasteiger partial charge < -0.3 is 5.32 Å². The number of hydrogen-bond acceptors (Lipinski definition) is 2. The van der Waals surface area contributed by atoms with Crippen LogP contribution in [0.4, 0.5) is 0 Å².